The van der Waals surface area contributed by atoms with E-state index in [1.807, 2.05) is 0 Å². The van der Waals surface area contributed by atoms with Gasteiger partial charge in [0.25, 0.3) is 5.91 Å². The number of rotatable bonds is 1. The molecule has 1 rings (SSSR count). The number of hydrogen-bond donors (Lipinski definition) is 3. The molecular formula is C5H6N4OS. The Morgan fingerprint density at radius 3 is 3.00 bits per heavy atom. The molecule has 11 heavy (non-hydrogen) atoms. The summed E-state index contributed by atoms with van der Waals surface area (Å²) in [5.74, 6) is -0.380. The first-order valence-electron chi connectivity index (χ1n) is 2.79. The minimum absolute atomic E-state index is 0.0513. The molecule has 0 aromatic carbocycles. The molecule has 0 aliphatic carbocycles. The van der Waals surface area contributed by atoms with Crippen LogP contribution in [0.15, 0.2) is 12.5 Å². The van der Waals surface area contributed by atoms with E-state index in [4.69, 9.17) is 5.73 Å². The molecule has 0 spiro atoms. The Kier molecular flexibility index (Phi) is 2.17. The molecule has 4 N–H and O–H groups in total. The number of hydrogen-bond acceptors (Lipinski definition) is 3. The average molecular weight is 170 g/mol. The van der Waals surface area contributed by atoms with E-state index in [9.17, 15) is 4.79 Å². The van der Waals surface area contributed by atoms with Crippen molar-refractivity contribution < 1.29 is 4.79 Å². The van der Waals surface area contributed by atoms with Gasteiger partial charge < -0.3 is 10.7 Å². The molecule has 0 aliphatic rings. The van der Waals surface area contributed by atoms with Gasteiger partial charge in [0.15, 0.2) is 5.11 Å². The van der Waals surface area contributed by atoms with Gasteiger partial charge in [0, 0.05) is 0 Å². The fraction of sp³-hybridized carbons (Fsp3) is 0. The van der Waals surface area contributed by atoms with Crippen molar-refractivity contribution >= 4 is 23.2 Å². The summed E-state index contributed by atoms with van der Waals surface area (Å²) in [6.07, 6.45) is 2.78. The van der Waals surface area contributed by atoms with Crippen LogP contribution in [0.25, 0.3) is 0 Å². The highest BCUT2D eigenvalue weighted by atomic mass is 32.1. The number of nitrogens with two attached hydrogens (primary N) is 1. The quantitative estimate of drug-likeness (QED) is 0.490. The maximum absolute atomic E-state index is 11.0. The Morgan fingerprint density at radius 1 is 1.82 bits per heavy atom. The first kappa shape index (κ1) is 7.67. The maximum atomic E-state index is 11.0. The van der Waals surface area contributed by atoms with Crippen LogP contribution >= 0.6 is 12.2 Å². The molecule has 0 bridgehead atoms. The molecule has 0 saturated heterocycles. The van der Waals surface area contributed by atoms with E-state index >= 15 is 0 Å². The van der Waals surface area contributed by atoms with Gasteiger partial charge in [-0.3, -0.25) is 10.1 Å². The van der Waals surface area contributed by atoms with E-state index in [-0.39, 0.29) is 11.0 Å². The van der Waals surface area contributed by atoms with E-state index in [1.54, 1.807) is 0 Å². The van der Waals surface area contributed by atoms with Crippen LogP contribution < -0.4 is 11.1 Å². The average Bonchev–Trinajstić information content (AvgIpc) is 2.35. The summed E-state index contributed by atoms with van der Waals surface area (Å²) in [7, 11) is 0. The van der Waals surface area contributed by atoms with Gasteiger partial charge in [0.05, 0.1) is 12.5 Å². The van der Waals surface area contributed by atoms with Crippen molar-refractivity contribution in [3.05, 3.63) is 18.2 Å². The van der Waals surface area contributed by atoms with Crippen LogP contribution in [0, 0.1) is 0 Å². The normalized spacial score (nSPS) is 9.09. The van der Waals surface area contributed by atoms with Crippen LogP contribution in [0.4, 0.5) is 0 Å². The number of carbonyl (C=O) groups is 1. The molecule has 1 aromatic rings. The van der Waals surface area contributed by atoms with Crippen LogP contribution in [0.1, 0.15) is 10.5 Å². The Labute approximate surface area is 68.0 Å². The number of aromatic amines is 1. The molecule has 1 aromatic heterocycles. The molecule has 1 heterocycles. The Morgan fingerprint density at radius 2 is 2.55 bits per heavy atom. The lowest BCUT2D eigenvalue weighted by atomic mass is 10.4. The summed E-state index contributed by atoms with van der Waals surface area (Å²) in [4.78, 5) is 17.2. The first-order valence-corrected chi connectivity index (χ1v) is 3.20. The minimum atomic E-state index is -0.380. The highest BCUT2D eigenvalue weighted by molar-refractivity contribution is 7.80. The Bertz CT molecular complexity index is 268. The zero-order chi connectivity index (χ0) is 8.27. The summed E-state index contributed by atoms with van der Waals surface area (Å²) < 4.78 is 0. The molecule has 0 saturated carbocycles. The smallest absolute Gasteiger partial charge is 0.275 e. The summed E-state index contributed by atoms with van der Waals surface area (Å²) in [6.45, 7) is 0. The molecule has 58 valence electrons. The zero-order valence-corrected chi connectivity index (χ0v) is 6.31. The van der Waals surface area contributed by atoms with Gasteiger partial charge in [-0.05, 0) is 12.2 Å². The van der Waals surface area contributed by atoms with Crippen molar-refractivity contribution in [1.29, 1.82) is 0 Å². The van der Waals surface area contributed by atoms with Crippen LogP contribution in [-0.2, 0) is 0 Å². The molecule has 5 nitrogen and oxygen atoms in total. The van der Waals surface area contributed by atoms with Gasteiger partial charge in [-0.15, -0.1) is 0 Å². The third-order valence-electron chi connectivity index (χ3n) is 0.980. The van der Waals surface area contributed by atoms with Crippen LogP contribution in [-0.4, -0.2) is 21.0 Å². The number of amides is 1. The number of H-pyrrole nitrogens is 1. The summed E-state index contributed by atoms with van der Waals surface area (Å²) in [6, 6.07) is 0. The molecule has 1 amide bonds. The molecular weight excluding hydrogens is 164 g/mol. The lowest BCUT2D eigenvalue weighted by Gasteiger charge is -1.97. The van der Waals surface area contributed by atoms with E-state index in [2.05, 4.69) is 27.5 Å². The van der Waals surface area contributed by atoms with Crippen molar-refractivity contribution in [3.63, 3.8) is 0 Å². The fourth-order valence-corrected chi connectivity index (χ4v) is 0.652. The monoisotopic (exact) mass is 170 g/mol. The third-order valence-corrected chi connectivity index (χ3v) is 1.08. The van der Waals surface area contributed by atoms with Crippen LogP contribution in [0.3, 0.4) is 0 Å². The number of nitrogens with zero attached hydrogens (tertiary/aromatic N) is 1. The highest BCUT2D eigenvalue weighted by Crippen LogP contribution is 1.88. The van der Waals surface area contributed by atoms with Gasteiger partial charge in [-0.1, -0.05) is 0 Å². The Balaban J connectivity index is 2.64. The van der Waals surface area contributed by atoms with E-state index in [0.717, 1.165) is 0 Å². The second-order valence-corrected chi connectivity index (χ2v) is 2.22. The van der Waals surface area contributed by atoms with Crippen molar-refractivity contribution in [1.82, 2.24) is 15.3 Å². The van der Waals surface area contributed by atoms with Gasteiger partial charge >= 0.3 is 0 Å². The topological polar surface area (TPSA) is 83.8 Å². The van der Waals surface area contributed by atoms with Gasteiger partial charge in [0.1, 0.15) is 5.69 Å². The predicted octanol–water partition coefficient (Wildman–Crippen LogP) is -0.617. The standard InChI is InChI=1S/C5H6N4OS/c6-5(11)9-4(10)3-1-7-2-8-3/h1-2H,(H,7,8)(H3,6,9,10,11). The van der Waals surface area contributed by atoms with Gasteiger partial charge in [-0.25, -0.2) is 4.98 Å². The molecule has 6 heteroatoms. The second kappa shape index (κ2) is 3.11. The lowest BCUT2D eigenvalue weighted by Crippen LogP contribution is -2.34. The SMILES string of the molecule is NC(=S)NC(=O)c1cnc[nH]1. The molecule has 0 radical (unpaired) electrons. The lowest BCUT2D eigenvalue weighted by molar-refractivity contribution is 0.0973. The number of carbonyl (C=O) groups excluding carboxylic acids is 1. The molecule has 0 unspecified atom stereocenters. The van der Waals surface area contributed by atoms with E-state index < -0.39 is 0 Å². The fourth-order valence-electron chi connectivity index (χ4n) is 0.559. The summed E-state index contributed by atoms with van der Waals surface area (Å²) in [5, 5.41) is 2.19. The van der Waals surface area contributed by atoms with Crippen molar-refractivity contribution in [2.45, 2.75) is 0 Å². The molecule has 0 fully saturated rings. The van der Waals surface area contributed by atoms with Crippen molar-refractivity contribution in [2.24, 2.45) is 5.73 Å². The van der Waals surface area contributed by atoms with Crippen LogP contribution in [0.5, 0.6) is 0 Å². The third kappa shape index (κ3) is 2.01. The number of thiocarbonyl (C=S) groups is 1. The molecule has 0 aliphatic heterocycles. The minimum Gasteiger partial charge on any atom is -0.376 e. The number of aromatic nitrogens is 2. The zero-order valence-electron chi connectivity index (χ0n) is 5.50. The van der Waals surface area contributed by atoms with E-state index in [1.165, 1.54) is 12.5 Å². The van der Waals surface area contributed by atoms with Crippen molar-refractivity contribution in [2.75, 3.05) is 0 Å². The maximum Gasteiger partial charge on any atom is 0.275 e. The van der Waals surface area contributed by atoms with Gasteiger partial charge in [-0.2, -0.15) is 0 Å². The predicted molar refractivity (Wildman–Crippen MR) is 42.8 cm³/mol. The van der Waals surface area contributed by atoms with Crippen molar-refractivity contribution in [3.8, 4) is 0 Å². The highest BCUT2D eigenvalue weighted by Gasteiger charge is 2.05. The van der Waals surface area contributed by atoms with E-state index in [0.29, 0.717) is 5.69 Å². The largest absolute Gasteiger partial charge is 0.376 e. The summed E-state index contributed by atoms with van der Waals surface area (Å²) in [5.41, 5.74) is 5.40. The number of nitrogens with one attached hydrogen (secondary N) is 2. The van der Waals surface area contributed by atoms with Crippen LogP contribution in [0.2, 0.25) is 0 Å². The molecule has 0 atom stereocenters. The number of imidazole rings is 1. The second-order valence-electron chi connectivity index (χ2n) is 1.78. The summed E-state index contributed by atoms with van der Waals surface area (Å²) >= 11 is 4.46. The van der Waals surface area contributed by atoms with Gasteiger partial charge in [0.2, 0.25) is 0 Å². The first-order chi connectivity index (χ1) is 5.20. The Hall–Kier alpha value is -1.43.